The zero-order valence-electron chi connectivity index (χ0n) is 71.5. The molecule has 15 rings (SSSR count). The maximum atomic E-state index is 13.4. The number of alkyl halides is 1. The number of ether oxygens (including phenoxy) is 5. The van der Waals surface area contributed by atoms with Crippen molar-refractivity contribution in [1.29, 1.82) is 0 Å². The number of likely N-dealkylation sites (tertiary alicyclic amines) is 3. The number of carbonyl (C=O) groups is 5. The van der Waals surface area contributed by atoms with E-state index in [2.05, 4.69) is 111 Å². The fourth-order valence-electron chi connectivity index (χ4n) is 17.9. The largest absolute Gasteiger partial charge is 0.444 e. The summed E-state index contributed by atoms with van der Waals surface area (Å²) in [6, 6.07) is 56.2. The number of nitrogens with one attached hydrogen (secondary N) is 1. The van der Waals surface area contributed by atoms with Crippen molar-refractivity contribution in [2.45, 2.75) is 201 Å². The summed E-state index contributed by atoms with van der Waals surface area (Å²) >= 11 is 3.36. The summed E-state index contributed by atoms with van der Waals surface area (Å²) < 4.78 is 82.8. The van der Waals surface area contributed by atoms with E-state index in [1.54, 1.807) is 76.6 Å². The second-order valence-electron chi connectivity index (χ2n) is 33.9. The van der Waals surface area contributed by atoms with Crippen molar-refractivity contribution in [1.82, 2.24) is 39.6 Å². The van der Waals surface area contributed by atoms with E-state index in [4.69, 9.17) is 23.7 Å². The number of aliphatic hydroxyl groups is 1. The highest BCUT2D eigenvalue weighted by Crippen LogP contribution is 2.44. The van der Waals surface area contributed by atoms with Gasteiger partial charge in [-0.15, -0.1) is 19.7 Å². The highest BCUT2D eigenvalue weighted by Gasteiger charge is 2.49. The Bertz CT molecular complexity index is 4510. The van der Waals surface area contributed by atoms with E-state index in [0.29, 0.717) is 97.1 Å². The number of cyclic esters (lactones) is 4. The molecule has 0 aromatic heterocycles. The zero-order valence-corrected chi connectivity index (χ0v) is 73.1. The molecule has 8 aliphatic rings. The van der Waals surface area contributed by atoms with Gasteiger partial charge in [0.1, 0.15) is 51.3 Å². The molecule has 7 aromatic carbocycles. The van der Waals surface area contributed by atoms with Crippen molar-refractivity contribution in [2.24, 2.45) is 0 Å². The van der Waals surface area contributed by atoms with E-state index in [0.717, 1.165) is 131 Å². The fraction of sp³-hybridized carbons (Fsp3) is 0.459. The smallest absolute Gasteiger partial charge is 0.410 e. The first-order valence-corrected chi connectivity index (χ1v) is 44.3. The van der Waals surface area contributed by atoms with Gasteiger partial charge in [-0.1, -0.05) is 174 Å². The Balaban J connectivity index is 0.000000167. The van der Waals surface area contributed by atoms with Crippen molar-refractivity contribution in [2.75, 3.05) is 85.1 Å². The predicted octanol–water partition coefficient (Wildman–Crippen LogP) is 19.6. The minimum atomic E-state index is -0.845. The van der Waals surface area contributed by atoms with Crippen LogP contribution in [0.25, 0.3) is 0 Å². The van der Waals surface area contributed by atoms with Crippen LogP contribution in [0.15, 0.2) is 226 Å². The summed E-state index contributed by atoms with van der Waals surface area (Å²) in [7, 11) is 0. The summed E-state index contributed by atoms with van der Waals surface area (Å²) in [6.45, 7) is 27.8. The van der Waals surface area contributed by atoms with Crippen LogP contribution in [0.5, 0.6) is 0 Å². The molecule has 8 saturated heterocycles. The quantitative estimate of drug-likeness (QED) is 0.0215. The van der Waals surface area contributed by atoms with Crippen molar-refractivity contribution >= 4 is 54.8 Å². The number of amides is 5. The molecular formula is C98H121BBrF4N8O11. The number of benzene rings is 7. The van der Waals surface area contributed by atoms with Gasteiger partial charge in [-0.05, 0) is 192 Å². The minimum Gasteiger partial charge on any atom is -0.444 e. The van der Waals surface area contributed by atoms with Crippen LogP contribution in [0.4, 0.5) is 41.5 Å². The summed E-state index contributed by atoms with van der Waals surface area (Å²) in [6.07, 6.45) is 16.5. The molecule has 7 aromatic rings. The van der Waals surface area contributed by atoms with Gasteiger partial charge in [-0.2, -0.15) is 0 Å². The number of piperidine rings is 4. The Morgan fingerprint density at radius 2 is 0.789 bits per heavy atom. The molecule has 3 radical (unpaired) electrons. The van der Waals surface area contributed by atoms with E-state index in [1.807, 2.05) is 65.8 Å². The van der Waals surface area contributed by atoms with Gasteiger partial charge in [-0.3, -0.25) is 9.80 Å². The Morgan fingerprint density at radius 1 is 0.463 bits per heavy atom. The maximum Gasteiger partial charge on any atom is 0.410 e. The number of halogens is 5. The SMILES string of the molecule is BrCc1ccccc1.C=CC[C@]1(c2ccc(F)cc2)CCN([C@H]2CCCN(C(=O)OC(C)(C)C)C2)C(=O)O1.C=CC[C@]1(c2ccc(F)cc2)CCN([C@H]2CCCN(Cc3ccccc3)C2)C(=O)O1.C=CC[C@]1(c2ccc(F)cc2)CCN([C@H]2CCCNC2)C(=O)O1.O=C1O[C@@](CCCO)(c2ccc(F)cc2)CCN1[C@H]1CCCN(Cc2ccccc2)C1.[B]. The maximum absolute atomic E-state index is 13.4. The van der Waals surface area contributed by atoms with Crippen LogP contribution in [-0.4, -0.2) is 193 Å². The zero-order chi connectivity index (χ0) is 86.7. The molecular weight excluding hydrogens is 1630 g/mol. The molecule has 5 amide bonds. The molecule has 0 spiro atoms. The van der Waals surface area contributed by atoms with Crippen molar-refractivity contribution in [3.8, 4) is 0 Å². The van der Waals surface area contributed by atoms with Crippen LogP contribution in [0.1, 0.15) is 169 Å². The van der Waals surface area contributed by atoms with Gasteiger partial charge in [-0.25, -0.2) is 41.5 Å². The predicted molar refractivity (Wildman–Crippen MR) is 475 cm³/mol. The third kappa shape index (κ3) is 26.2. The molecule has 0 saturated carbocycles. The van der Waals surface area contributed by atoms with Crippen LogP contribution in [0.2, 0.25) is 0 Å². The summed E-state index contributed by atoms with van der Waals surface area (Å²) in [5, 5.41) is 13.6. The van der Waals surface area contributed by atoms with Gasteiger partial charge in [0.15, 0.2) is 0 Å². The topological polar surface area (TPSA) is 186 Å². The standard InChI is InChI=1S/C25H31FN2O3.C25H29FN2O2.C23H31FN2O4.C18H23FN2O2.C7H7Br.B/c26-22-11-9-21(10-12-22)25(13-5-17-29)14-16-28(24(30)31-25)23-8-4-15-27(19-23)18-20-6-2-1-3-7-20;1-2-14-25(21-10-12-22(26)13-11-21)15-17-28(24(29)30-25)23-9-6-16-27(19-23)18-20-7-4-3-5-8-20;1-5-12-23(17-8-10-18(24)11-9-17)13-15-26(21(28)30-23)19-7-6-14-25(16-19)20(27)29-22(2,3)4;1-2-9-18(14-5-7-15(19)8-6-14)10-12-21(17(22)23-18)16-4-3-11-20-13-16;8-6-7-4-2-1-3-5-7;/h1-3,6-7,9-12,23,29H,4-5,8,13-19H2;2-5,7-8,10-13,23H,1,6,9,14-19H2;5,8-11,19H,1,6-7,12-16H2,2-4H3;2,5-8,16,20H,1,3-4,9-13H2;1-5H,6H2;/t2*23-,25+;19-,23+;16-,18+;;/m0000../s1. The van der Waals surface area contributed by atoms with Crippen molar-refractivity contribution in [3.63, 3.8) is 0 Å². The highest BCUT2D eigenvalue weighted by atomic mass is 79.9. The second-order valence-corrected chi connectivity index (χ2v) is 34.5. The van der Waals surface area contributed by atoms with Gasteiger partial charge in [0, 0.05) is 155 Å². The first-order chi connectivity index (χ1) is 58.9. The molecule has 8 atom stereocenters. The average molecular weight is 1750 g/mol. The molecule has 8 heterocycles. The molecule has 0 aliphatic carbocycles. The molecule has 8 fully saturated rings. The summed E-state index contributed by atoms with van der Waals surface area (Å²) in [5.74, 6) is -1.23. The van der Waals surface area contributed by atoms with E-state index in [-0.39, 0.29) is 86.8 Å². The van der Waals surface area contributed by atoms with E-state index < -0.39 is 34.1 Å². The van der Waals surface area contributed by atoms with E-state index in [1.165, 1.54) is 65.2 Å². The normalized spacial score (nSPS) is 24.3. The number of aliphatic hydroxyl groups excluding tert-OH is 1. The van der Waals surface area contributed by atoms with Crippen LogP contribution in [0.3, 0.4) is 0 Å². The Morgan fingerprint density at radius 3 is 1.11 bits per heavy atom. The van der Waals surface area contributed by atoms with Gasteiger partial charge in [0.05, 0.1) is 6.04 Å². The molecule has 25 heteroatoms. The van der Waals surface area contributed by atoms with Gasteiger partial charge in [0.2, 0.25) is 0 Å². The fourth-order valence-corrected chi connectivity index (χ4v) is 18.3. The molecule has 123 heavy (non-hydrogen) atoms. The van der Waals surface area contributed by atoms with Crippen LogP contribution in [0, 0.1) is 23.3 Å². The second kappa shape index (κ2) is 45.7. The van der Waals surface area contributed by atoms with Crippen LogP contribution < -0.4 is 5.32 Å². The monoisotopic (exact) mass is 1750 g/mol. The highest BCUT2D eigenvalue weighted by molar-refractivity contribution is 9.08. The number of carbonyl (C=O) groups excluding carboxylic acids is 5. The number of hydrogen-bond acceptors (Lipinski definition) is 14. The third-order valence-electron chi connectivity index (χ3n) is 24.3. The van der Waals surface area contributed by atoms with Gasteiger partial charge < -0.3 is 58.6 Å². The van der Waals surface area contributed by atoms with Crippen molar-refractivity contribution < 1.29 is 70.3 Å². The average Bonchev–Trinajstić information content (AvgIpc) is 0.787. The lowest BCUT2D eigenvalue weighted by atomic mass is 9.84. The first-order valence-electron chi connectivity index (χ1n) is 43.2. The van der Waals surface area contributed by atoms with Crippen molar-refractivity contribution in [3.05, 3.63) is 288 Å². The Kier molecular flexibility index (Phi) is 35.5. The summed E-state index contributed by atoms with van der Waals surface area (Å²) in [5.41, 5.74) is 3.41. The van der Waals surface area contributed by atoms with Gasteiger partial charge >= 0.3 is 30.5 Å². The molecule has 0 bridgehead atoms. The molecule has 2 N–H and O–H groups in total. The van der Waals surface area contributed by atoms with E-state index in [9.17, 15) is 46.6 Å². The third-order valence-corrected chi connectivity index (χ3v) is 24.9. The molecule has 8 aliphatic heterocycles. The van der Waals surface area contributed by atoms with Gasteiger partial charge in [0.25, 0.3) is 0 Å². The lowest BCUT2D eigenvalue weighted by molar-refractivity contribution is -0.0745. The van der Waals surface area contributed by atoms with Crippen LogP contribution >= 0.6 is 15.9 Å². The minimum absolute atomic E-state index is 0. The number of rotatable bonds is 22. The number of hydrogen-bond donors (Lipinski definition) is 2. The summed E-state index contributed by atoms with van der Waals surface area (Å²) in [4.78, 5) is 78.0. The first kappa shape index (κ1) is 95.4. The molecule has 0 unspecified atom stereocenters. The van der Waals surface area contributed by atoms with Crippen LogP contribution in [-0.2, 0) is 64.5 Å². The molecule has 657 valence electrons. The lowest BCUT2D eigenvalue weighted by Crippen LogP contribution is -2.57. The Labute approximate surface area is 734 Å². The lowest BCUT2D eigenvalue weighted by Gasteiger charge is -2.46. The van der Waals surface area contributed by atoms with E-state index >= 15 is 0 Å². The molecule has 19 nitrogen and oxygen atoms in total. The Hall–Kier alpha value is -9.79. The number of nitrogens with zero attached hydrogens (tertiary/aromatic N) is 7.